The third-order valence-corrected chi connectivity index (χ3v) is 4.82. The predicted molar refractivity (Wildman–Crippen MR) is 93.8 cm³/mol. The van der Waals surface area contributed by atoms with E-state index in [1.807, 2.05) is 18.2 Å². The molecule has 0 fully saturated rings. The Balaban J connectivity index is 2.13. The van der Waals surface area contributed by atoms with Gasteiger partial charge in [-0.25, -0.2) is 4.79 Å². The van der Waals surface area contributed by atoms with E-state index in [-0.39, 0.29) is 12.5 Å². The van der Waals surface area contributed by atoms with Crippen LogP contribution in [0.4, 0.5) is 0 Å². The first kappa shape index (κ1) is 18.1. The fraction of sp³-hybridized carbons (Fsp3) is 0.421. The fourth-order valence-electron chi connectivity index (χ4n) is 3.37. The number of aromatic nitrogens is 1. The molecule has 7 nitrogen and oxygen atoms in total. The number of hydrogen-bond donors (Lipinski definition) is 3. The number of rotatable bonds is 5. The molecule has 2 heterocycles. The molecule has 2 aromatic rings. The molecule has 1 aliphatic heterocycles. The van der Waals surface area contributed by atoms with Gasteiger partial charge in [-0.05, 0) is 24.8 Å². The largest absolute Gasteiger partial charge is 0.486 e. The molecule has 4 N–H and O–H groups in total. The zero-order valence-corrected chi connectivity index (χ0v) is 15.0. The quantitative estimate of drug-likeness (QED) is 0.690. The Morgan fingerprint density at radius 3 is 2.69 bits per heavy atom. The number of carboxylic acid groups (broad SMARTS) is 1. The van der Waals surface area contributed by atoms with E-state index in [2.05, 4.69) is 0 Å². The molecule has 1 aromatic carbocycles. The number of carbonyl (C=O) groups is 2. The smallest absolute Gasteiger partial charge is 0.374 e. The molecule has 2 atom stereocenters. The van der Waals surface area contributed by atoms with Crippen LogP contribution in [0.5, 0.6) is 5.75 Å². The number of primary amides is 1. The lowest BCUT2D eigenvalue weighted by Gasteiger charge is -2.24. The molecule has 138 valence electrons. The van der Waals surface area contributed by atoms with Crippen LogP contribution in [0.2, 0.25) is 0 Å². The number of carbonyl (C=O) groups excluding carboxylic acids is 1. The molecule has 7 heteroatoms. The van der Waals surface area contributed by atoms with Crippen LogP contribution >= 0.6 is 0 Å². The summed E-state index contributed by atoms with van der Waals surface area (Å²) in [6.45, 7) is 5.18. The number of hydrogen-bond acceptors (Lipinski definition) is 4. The van der Waals surface area contributed by atoms with E-state index in [1.165, 1.54) is 4.57 Å². The summed E-state index contributed by atoms with van der Waals surface area (Å²) in [4.78, 5) is 22.9. The van der Waals surface area contributed by atoms with Gasteiger partial charge >= 0.3 is 5.97 Å². The van der Waals surface area contributed by atoms with Gasteiger partial charge in [-0.2, -0.15) is 4.57 Å². The standard InChI is InChI=1S/C19H22N2O5/c1-10-6-11-4-5-12-7-15(19(2,3)25)26-17(12)13(11)9-21(10)14(18(23)24)8-16(20)22/h4-6,9,14-15,25H,7-8H2,1-3H3,(H2-,20,22,23,24)/p+1/t14-,15-/m1/s1. The van der Waals surface area contributed by atoms with E-state index in [9.17, 15) is 19.8 Å². The Bertz CT molecular complexity index is 901. The van der Waals surface area contributed by atoms with Gasteiger partial charge in [0.1, 0.15) is 11.9 Å². The molecular weight excluding hydrogens is 336 g/mol. The summed E-state index contributed by atoms with van der Waals surface area (Å²) in [5.74, 6) is -1.16. The van der Waals surface area contributed by atoms with Crippen LogP contribution in [0, 0.1) is 6.92 Å². The molecule has 1 aliphatic rings. The Labute approximate surface area is 151 Å². The minimum absolute atomic E-state index is 0.297. The lowest BCUT2D eigenvalue weighted by molar-refractivity contribution is -0.714. The second-order valence-corrected chi connectivity index (χ2v) is 7.37. The van der Waals surface area contributed by atoms with Gasteiger partial charge in [-0.1, -0.05) is 12.1 Å². The first-order valence-corrected chi connectivity index (χ1v) is 8.45. The van der Waals surface area contributed by atoms with Crippen molar-refractivity contribution < 1.29 is 29.1 Å². The molecule has 0 saturated carbocycles. The van der Waals surface area contributed by atoms with Crippen molar-refractivity contribution in [1.29, 1.82) is 0 Å². The Morgan fingerprint density at radius 2 is 2.12 bits per heavy atom. The minimum Gasteiger partial charge on any atom is -0.486 e. The van der Waals surface area contributed by atoms with Crippen LogP contribution in [0.1, 0.15) is 37.6 Å². The van der Waals surface area contributed by atoms with E-state index in [0.29, 0.717) is 17.9 Å². The summed E-state index contributed by atoms with van der Waals surface area (Å²) >= 11 is 0. The Hall–Kier alpha value is -2.67. The van der Waals surface area contributed by atoms with Crippen LogP contribution in [-0.4, -0.2) is 33.8 Å². The highest BCUT2D eigenvalue weighted by Crippen LogP contribution is 2.38. The van der Waals surface area contributed by atoms with Crippen molar-refractivity contribution in [2.75, 3.05) is 0 Å². The Kier molecular flexibility index (Phi) is 4.36. The summed E-state index contributed by atoms with van der Waals surface area (Å²) < 4.78 is 7.54. The van der Waals surface area contributed by atoms with Crippen molar-refractivity contribution in [3.05, 3.63) is 35.7 Å². The predicted octanol–water partition coefficient (Wildman–Crippen LogP) is 1.01. The van der Waals surface area contributed by atoms with E-state index in [0.717, 1.165) is 16.3 Å². The number of aliphatic carboxylic acids is 1. The van der Waals surface area contributed by atoms with Crippen molar-refractivity contribution >= 4 is 22.6 Å². The molecule has 0 unspecified atom stereocenters. The number of aryl methyl sites for hydroxylation is 1. The summed E-state index contributed by atoms with van der Waals surface area (Å²) in [7, 11) is 0. The molecule has 0 aliphatic carbocycles. The van der Waals surface area contributed by atoms with E-state index in [4.69, 9.17) is 10.5 Å². The van der Waals surface area contributed by atoms with Crippen LogP contribution in [0.3, 0.4) is 0 Å². The maximum absolute atomic E-state index is 11.6. The molecule has 3 rings (SSSR count). The van der Waals surface area contributed by atoms with Crippen molar-refractivity contribution in [2.24, 2.45) is 5.73 Å². The summed E-state index contributed by atoms with van der Waals surface area (Å²) in [5.41, 5.74) is 5.88. The van der Waals surface area contributed by atoms with Crippen LogP contribution in [-0.2, 0) is 16.0 Å². The zero-order chi connectivity index (χ0) is 19.2. The highest BCUT2D eigenvalue weighted by atomic mass is 16.5. The number of ether oxygens (including phenoxy) is 1. The topological polar surface area (TPSA) is 114 Å². The van der Waals surface area contributed by atoms with Crippen molar-refractivity contribution in [3.63, 3.8) is 0 Å². The van der Waals surface area contributed by atoms with Crippen LogP contribution in [0.25, 0.3) is 10.8 Å². The number of fused-ring (bicyclic) bond motifs is 3. The number of carboxylic acids is 1. The number of benzene rings is 1. The average Bonchev–Trinajstić information content (AvgIpc) is 2.96. The first-order valence-electron chi connectivity index (χ1n) is 8.45. The van der Waals surface area contributed by atoms with Gasteiger partial charge in [0.15, 0.2) is 11.9 Å². The number of nitrogens with zero attached hydrogens (tertiary/aromatic N) is 1. The van der Waals surface area contributed by atoms with Crippen molar-refractivity contribution in [3.8, 4) is 5.75 Å². The van der Waals surface area contributed by atoms with Gasteiger partial charge in [-0.15, -0.1) is 0 Å². The average molecular weight is 359 g/mol. The van der Waals surface area contributed by atoms with E-state index < -0.39 is 23.5 Å². The van der Waals surface area contributed by atoms with Crippen molar-refractivity contribution in [2.45, 2.75) is 51.4 Å². The van der Waals surface area contributed by atoms with Crippen LogP contribution in [0.15, 0.2) is 24.4 Å². The molecule has 26 heavy (non-hydrogen) atoms. The van der Waals surface area contributed by atoms with Crippen molar-refractivity contribution in [1.82, 2.24) is 0 Å². The summed E-state index contributed by atoms with van der Waals surface area (Å²) in [6, 6.07) is 4.68. The lowest BCUT2D eigenvalue weighted by Crippen LogP contribution is -2.48. The second kappa shape index (κ2) is 6.25. The number of pyridine rings is 1. The van der Waals surface area contributed by atoms with Gasteiger partial charge in [0.2, 0.25) is 5.91 Å². The van der Waals surface area contributed by atoms with Gasteiger partial charge in [-0.3, -0.25) is 4.79 Å². The lowest BCUT2D eigenvalue weighted by atomic mass is 9.96. The second-order valence-electron chi connectivity index (χ2n) is 7.37. The SMILES string of the molecule is Cc1cc2ccc3c(c2c[n+]1[C@H](CC(N)=O)C(=O)O)O[C@@H](C(C)(C)O)C3. The minimum atomic E-state index is -1.13. The molecule has 0 bridgehead atoms. The number of aliphatic hydroxyl groups is 1. The fourth-order valence-corrected chi connectivity index (χ4v) is 3.37. The normalized spacial score (nSPS) is 17.6. The van der Waals surface area contributed by atoms with Crippen LogP contribution < -0.4 is 15.0 Å². The number of nitrogens with two attached hydrogens (primary N) is 1. The molecule has 0 spiro atoms. The third-order valence-electron chi connectivity index (χ3n) is 4.82. The maximum atomic E-state index is 11.6. The highest BCUT2D eigenvalue weighted by Gasteiger charge is 2.37. The summed E-state index contributed by atoms with van der Waals surface area (Å²) in [6.07, 6.45) is 1.59. The summed E-state index contributed by atoms with van der Waals surface area (Å²) in [5, 5.41) is 21.4. The maximum Gasteiger partial charge on any atom is 0.374 e. The van der Waals surface area contributed by atoms with Gasteiger partial charge in [0.25, 0.3) is 6.04 Å². The van der Waals surface area contributed by atoms with Gasteiger partial charge in [0.05, 0.1) is 17.4 Å². The Morgan fingerprint density at radius 1 is 1.42 bits per heavy atom. The molecular formula is C19H23N2O5+. The van der Waals surface area contributed by atoms with Gasteiger partial charge in [0, 0.05) is 19.4 Å². The zero-order valence-electron chi connectivity index (χ0n) is 15.0. The van der Waals surface area contributed by atoms with E-state index in [1.54, 1.807) is 27.0 Å². The monoisotopic (exact) mass is 359 g/mol. The molecule has 0 radical (unpaired) electrons. The molecule has 0 saturated heterocycles. The number of amides is 1. The third kappa shape index (κ3) is 3.22. The highest BCUT2D eigenvalue weighted by molar-refractivity contribution is 5.89. The molecule has 1 amide bonds. The molecule has 1 aromatic heterocycles. The first-order chi connectivity index (χ1) is 12.1. The van der Waals surface area contributed by atoms with E-state index >= 15 is 0 Å². The van der Waals surface area contributed by atoms with Gasteiger partial charge < -0.3 is 20.7 Å².